The fourth-order valence-corrected chi connectivity index (χ4v) is 2.88. The predicted molar refractivity (Wildman–Crippen MR) is 77.4 cm³/mol. The summed E-state index contributed by atoms with van der Waals surface area (Å²) in [5, 5.41) is 0. The summed E-state index contributed by atoms with van der Waals surface area (Å²) in [6, 6.07) is 0. The summed E-state index contributed by atoms with van der Waals surface area (Å²) in [7, 11) is 0. The normalized spacial score (nSPS) is 22.7. The van der Waals surface area contributed by atoms with Gasteiger partial charge in [0.25, 0.3) is 0 Å². The Hall–Kier alpha value is -0.160. The number of nitrogens with zero attached hydrogens (tertiary/aromatic N) is 2. The van der Waals surface area contributed by atoms with Crippen molar-refractivity contribution < 1.29 is 9.47 Å². The van der Waals surface area contributed by atoms with Gasteiger partial charge < -0.3 is 14.4 Å². The quantitative estimate of drug-likeness (QED) is 0.629. The standard InChI is InChI=1S/C15H30N2O2/c1-3-7-16(8-4-1)11-12-18-13-14-19-15-17-9-5-2-6-10-17/h1-15H2. The summed E-state index contributed by atoms with van der Waals surface area (Å²) in [6.07, 6.45) is 8.17. The van der Waals surface area contributed by atoms with Crippen molar-refractivity contribution in [1.82, 2.24) is 9.80 Å². The molecule has 2 fully saturated rings. The van der Waals surface area contributed by atoms with Gasteiger partial charge in [-0.3, -0.25) is 4.90 Å². The molecule has 2 heterocycles. The van der Waals surface area contributed by atoms with Crippen LogP contribution in [0.3, 0.4) is 0 Å². The lowest BCUT2D eigenvalue weighted by Gasteiger charge is -2.26. The average molecular weight is 270 g/mol. The van der Waals surface area contributed by atoms with E-state index in [4.69, 9.17) is 9.47 Å². The van der Waals surface area contributed by atoms with E-state index in [9.17, 15) is 0 Å². The van der Waals surface area contributed by atoms with Crippen molar-refractivity contribution in [3.05, 3.63) is 0 Å². The molecule has 0 amide bonds. The third kappa shape index (κ3) is 6.70. The Morgan fingerprint density at radius 3 is 1.84 bits per heavy atom. The number of piperidine rings is 2. The van der Waals surface area contributed by atoms with E-state index in [1.54, 1.807) is 0 Å². The lowest BCUT2D eigenvalue weighted by atomic mass is 10.1. The van der Waals surface area contributed by atoms with E-state index in [0.717, 1.165) is 33.1 Å². The number of hydrogen-bond donors (Lipinski definition) is 0. The third-order valence-electron chi connectivity index (χ3n) is 4.10. The van der Waals surface area contributed by atoms with Crippen LogP contribution in [-0.2, 0) is 9.47 Å². The van der Waals surface area contributed by atoms with Crippen LogP contribution in [0.1, 0.15) is 38.5 Å². The topological polar surface area (TPSA) is 24.9 Å². The van der Waals surface area contributed by atoms with Crippen molar-refractivity contribution in [2.45, 2.75) is 38.5 Å². The zero-order valence-electron chi connectivity index (χ0n) is 12.3. The van der Waals surface area contributed by atoms with E-state index in [2.05, 4.69) is 9.80 Å². The maximum atomic E-state index is 5.65. The Morgan fingerprint density at radius 2 is 1.16 bits per heavy atom. The van der Waals surface area contributed by atoms with Crippen molar-refractivity contribution in [1.29, 1.82) is 0 Å². The zero-order valence-corrected chi connectivity index (χ0v) is 12.3. The molecule has 4 heteroatoms. The Balaban J connectivity index is 1.35. The molecule has 0 spiro atoms. The molecule has 112 valence electrons. The number of likely N-dealkylation sites (tertiary alicyclic amines) is 2. The molecule has 0 aromatic rings. The van der Waals surface area contributed by atoms with Crippen LogP contribution in [0, 0.1) is 0 Å². The molecule has 0 aromatic heterocycles. The first-order valence-electron chi connectivity index (χ1n) is 8.05. The van der Waals surface area contributed by atoms with Crippen LogP contribution in [0.25, 0.3) is 0 Å². The van der Waals surface area contributed by atoms with Gasteiger partial charge in [-0.05, 0) is 38.8 Å². The molecule has 0 bridgehead atoms. The van der Waals surface area contributed by atoms with E-state index < -0.39 is 0 Å². The SMILES string of the molecule is C1CCN(CCOCCOCN2CCCCC2)CC1. The van der Waals surface area contributed by atoms with Crippen LogP contribution in [0.2, 0.25) is 0 Å². The van der Waals surface area contributed by atoms with Crippen LogP contribution >= 0.6 is 0 Å². The summed E-state index contributed by atoms with van der Waals surface area (Å²) in [4.78, 5) is 4.91. The number of ether oxygens (including phenoxy) is 2. The average Bonchev–Trinajstić information content (AvgIpc) is 2.48. The van der Waals surface area contributed by atoms with Gasteiger partial charge in [0.2, 0.25) is 0 Å². The van der Waals surface area contributed by atoms with Crippen LogP contribution in [0.15, 0.2) is 0 Å². The maximum absolute atomic E-state index is 5.65. The van der Waals surface area contributed by atoms with Crippen molar-refractivity contribution in [2.24, 2.45) is 0 Å². The first-order chi connectivity index (χ1) is 9.45. The summed E-state index contributed by atoms with van der Waals surface area (Å²) in [5.74, 6) is 0. The second-order valence-electron chi connectivity index (χ2n) is 5.73. The molecule has 0 N–H and O–H groups in total. The summed E-state index contributed by atoms with van der Waals surface area (Å²) >= 11 is 0. The van der Waals surface area contributed by atoms with Crippen LogP contribution in [0.5, 0.6) is 0 Å². The molecule has 0 aliphatic carbocycles. The van der Waals surface area contributed by atoms with Crippen molar-refractivity contribution in [2.75, 3.05) is 59.3 Å². The molecule has 2 rings (SSSR count). The largest absolute Gasteiger partial charge is 0.378 e. The molecule has 0 saturated carbocycles. The first-order valence-corrected chi connectivity index (χ1v) is 8.05. The van der Waals surface area contributed by atoms with Crippen LogP contribution in [0.4, 0.5) is 0 Å². The first kappa shape index (κ1) is 15.2. The molecule has 0 atom stereocenters. The fraction of sp³-hybridized carbons (Fsp3) is 1.00. The van der Waals surface area contributed by atoms with E-state index in [1.807, 2.05) is 0 Å². The van der Waals surface area contributed by atoms with Gasteiger partial charge in [0.15, 0.2) is 0 Å². The van der Waals surface area contributed by atoms with Crippen LogP contribution < -0.4 is 0 Å². The highest BCUT2D eigenvalue weighted by Gasteiger charge is 2.10. The molecule has 2 aliphatic rings. The molecule has 4 nitrogen and oxygen atoms in total. The molecule has 0 unspecified atom stereocenters. The monoisotopic (exact) mass is 270 g/mol. The third-order valence-corrected chi connectivity index (χ3v) is 4.10. The number of rotatable bonds is 8. The molecule has 2 aliphatic heterocycles. The zero-order chi connectivity index (χ0) is 13.2. The molecular formula is C15H30N2O2. The summed E-state index contributed by atoms with van der Waals surface area (Å²) in [5.41, 5.74) is 0. The lowest BCUT2D eigenvalue weighted by Crippen LogP contribution is -2.33. The minimum Gasteiger partial charge on any atom is -0.378 e. The molecule has 0 radical (unpaired) electrons. The highest BCUT2D eigenvalue weighted by atomic mass is 16.5. The molecular weight excluding hydrogens is 240 g/mol. The van der Waals surface area contributed by atoms with E-state index in [1.165, 1.54) is 64.7 Å². The molecule has 19 heavy (non-hydrogen) atoms. The Morgan fingerprint density at radius 1 is 0.579 bits per heavy atom. The van der Waals surface area contributed by atoms with Crippen molar-refractivity contribution in [3.8, 4) is 0 Å². The van der Waals surface area contributed by atoms with Gasteiger partial charge >= 0.3 is 0 Å². The van der Waals surface area contributed by atoms with Gasteiger partial charge in [-0.2, -0.15) is 0 Å². The predicted octanol–water partition coefficient (Wildman–Crippen LogP) is 1.95. The van der Waals surface area contributed by atoms with Gasteiger partial charge in [-0.15, -0.1) is 0 Å². The summed E-state index contributed by atoms with van der Waals surface area (Å²) in [6.45, 7) is 9.13. The van der Waals surface area contributed by atoms with Gasteiger partial charge in [0, 0.05) is 19.6 Å². The second kappa shape index (κ2) is 9.70. The highest BCUT2D eigenvalue weighted by Crippen LogP contribution is 2.08. The smallest absolute Gasteiger partial charge is 0.0991 e. The molecule has 2 saturated heterocycles. The Kier molecular flexibility index (Phi) is 7.78. The Bertz CT molecular complexity index is 192. The van der Waals surface area contributed by atoms with Gasteiger partial charge in [-0.1, -0.05) is 12.8 Å². The lowest BCUT2D eigenvalue weighted by molar-refractivity contribution is -0.0148. The summed E-state index contributed by atoms with van der Waals surface area (Å²) < 4.78 is 11.3. The minimum atomic E-state index is 0.733. The van der Waals surface area contributed by atoms with Gasteiger partial charge in [-0.25, -0.2) is 0 Å². The minimum absolute atomic E-state index is 0.733. The second-order valence-corrected chi connectivity index (χ2v) is 5.73. The van der Waals surface area contributed by atoms with E-state index >= 15 is 0 Å². The molecule has 0 aromatic carbocycles. The Labute approximate surface area is 118 Å². The van der Waals surface area contributed by atoms with Crippen molar-refractivity contribution in [3.63, 3.8) is 0 Å². The maximum Gasteiger partial charge on any atom is 0.0991 e. The van der Waals surface area contributed by atoms with E-state index in [0.29, 0.717) is 0 Å². The van der Waals surface area contributed by atoms with Gasteiger partial charge in [0.1, 0.15) is 0 Å². The van der Waals surface area contributed by atoms with E-state index in [-0.39, 0.29) is 0 Å². The van der Waals surface area contributed by atoms with Gasteiger partial charge in [0.05, 0.1) is 26.6 Å². The fourth-order valence-electron chi connectivity index (χ4n) is 2.88. The number of hydrogen-bond acceptors (Lipinski definition) is 4. The van der Waals surface area contributed by atoms with Crippen molar-refractivity contribution >= 4 is 0 Å². The van der Waals surface area contributed by atoms with Crippen LogP contribution in [-0.4, -0.2) is 69.1 Å². The highest BCUT2D eigenvalue weighted by molar-refractivity contribution is 4.63.